The van der Waals surface area contributed by atoms with Crippen LogP contribution in [-0.2, 0) is 9.59 Å². The zero-order valence-corrected chi connectivity index (χ0v) is 11.0. The van der Waals surface area contributed by atoms with Gasteiger partial charge in [0.2, 0.25) is 5.91 Å². The molecule has 1 unspecified atom stereocenters. The molecule has 0 aliphatic carbocycles. The molecule has 1 aromatic rings. The molecule has 6 nitrogen and oxygen atoms in total. The van der Waals surface area contributed by atoms with Gasteiger partial charge in [0.25, 0.3) is 5.91 Å². The van der Waals surface area contributed by atoms with E-state index in [-0.39, 0.29) is 0 Å². The number of hydroxylamine groups is 2. The van der Waals surface area contributed by atoms with Gasteiger partial charge in [0.1, 0.15) is 0 Å². The third-order valence-corrected chi connectivity index (χ3v) is 3.29. The van der Waals surface area contributed by atoms with Crippen LogP contribution in [0.1, 0.15) is 20.8 Å². The van der Waals surface area contributed by atoms with E-state index < -0.39 is 17.4 Å². The number of para-hydroxylation sites is 1. The van der Waals surface area contributed by atoms with E-state index in [9.17, 15) is 14.8 Å². The van der Waals surface area contributed by atoms with Crippen LogP contribution >= 0.6 is 0 Å². The van der Waals surface area contributed by atoms with Crippen LogP contribution in [0.25, 0.3) is 0 Å². The number of carbonyl (C=O) groups excluding carboxylic acids is 2. The van der Waals surface area contributed by atoms with Gasteiger partial charge in [-0.15, -0.1) is 0 Å². The van der Waals surface area contributed by atoms with Crippen molar-refractivity contribution < 1.29 is 14.8 Å². The third-order valence-electron chi connectivity index (χ3n) is 3.29. The summed E-state index contributed by atoms with van der Waals surface area (Å²) < 4.78 is 0. The fraction of sp³-hybridized carbons (Fsp3) is 0.308. The van der Waals surface area contributed by atoms with E-state index in [1.807, 2.05) is 6.07 Å². The molecule has 1 aromatic carbocycles. The molecule has 1 heterocycles. The van der Waals surface area contributed by atoms with E-state index >= 15 is 0 Å². The van der Waals surface area contributed by atoms with E-state index in [1.54, 1.807) is 31.2 Å². The maximum Gasteiger partial charge on any atom is 0.281 e. The number of rotatable bonds is 2. The number of hydrazone groups is 1. The normalized spacial score (nSPS) is 22.4. The molecule has 0 aromatic heterocycles. The molecule has 1 aliphatic heterocycles. The van der Waals surface area contributed by atoms with E-state index in [1.165, 1.54) is 18.9 Å². The summed E-state index contributed by atoms with van der Waals surface area (Å²) in [5.41, 5.74) is -0.506. The summed E-state index contributed by atoms with van der Waals surface area (Å²) >= 11 is 0. The summed E-state index contributed by atoms with van der Waals surface area (Å²) in [7, 11) is 0. The number of carbonyl (C=O) groups is 2. The molecule has 1 aliphatic rings. The summed E-state index contributed by atoms with van der Waals surface area (Å²) in [6.07, 6.45) is 0. The molecule has 1 N–H and O–H groups in total. The maximum atomic E-state index is 12.4. The molecule has 0 fully saturated rings. The van der Waals surface area contributed by atoms with Gasteiger partial charge in [-0.1, -0.05) is 18.2 Å². The van der Waals surface area contributed by atoms with Gasteiger partial charge in [-0.3, -0.25) is 14.8 Å². The zero-order valence-electron chi connectivity index (χ0n) is 11.0. The molecule has 1 atom stereocenters. The lowest BCUT2D eigenvalue weighted by molar-refractivity contribution is -0.182. The molecule has 0 bridgehead atoms. The first kappa shape index (κ1) is 13.2. The largest absolute Gasteiger partial charge is 0.284 e. The first-order valence-corrected chi connectivity index (χ1v) is 5.84. The lowest BCUT2D eigenvalue weighted by Gasteiger charge is -2.30. The van der Waals surface area contributed by atoms with Crippen molar-refractivity contribution in [2.45, 2.75) is 26.3 Å². The average Bonchev–Trinajstić information content (AvgIpc) is 2.64. The molecule has 2 rings (SSSR count). The summed E-state index contributed by atoms with van der Waals surface area (Å²) in [4.78, 5) is 23.8. The van der Waals surface area contributed by atoms with Crippen molar-refractivity contribution >= 4 is 23.2 Å². The third kappa shape index (κ3) is 1.90. The lowest BCUT2D eigenvalue weighted by atomic mass is 9.96. The number of nitrogens with zero attached hydrogens (tertiary/aromatic N) is 3. The number of hydrogen-bond acceptors (Lipinski definition) is 4. The molecule has 0 saturated heterocycles. The Kier molecular flexibility index (Phi) is 3.11. The SMILES string of the molecule is CC(=O)N(O)C1(C)C(=O)N(c2ccccc2)N=C1C. The monoisotopic (exact) mass is 261 g/mol. The van der Waals surface area contributed by atoms with Gasteiger partial charge in [-0.25, -0.2) is 5.06 Å². The number of benzene rings is 1. The second kappa shape index (κ2) is 4.47. The van der Waals surface area contributed by atoms with Crippen LogP contribution in [0.2, 0.25) is 0 Å². The molecule has 0 radical (unpaired) electrons. The van der Waals surface area contributed by atoms with Crippen LogP contribution in [0, 0.1) is 0 Å². The zero-order chi connectivity index (χ0) is 14.2. The second-order valence-electron chi connectivity index (χ2n) is 4.54. The molecule has 6 heteroatoms. The van der Waals surface area contributed by atoms with E-state index in [4.69, 9.17) is 0 Å². The Hall–Kier alpha value is -2.21. The summed E-state index contributed by atoms with van der Waals surface area (Å²) in [6, 6.07) is 8.86. The Morgan fingerprint density at radius 1 is 1.37 bits per heavy atom. The Bertz CT molecular complexity index is 556. The number of amides is 2. The van der Waals surface area contributed by atoms with Crippen LogP contribution in [0.5, 0.6) is 0 Å². The van der Waals surface area contributed by atoms with Crippen molar-refractivity contribution in [2.75, 3.05) is 5.01 Å². The molecular weight excluding hydrogens is 246 g/mol. The molecule has 19 heavy (non-hydrogen) atoms. The Morgan fingerprint density at radius 3 is 2.47 bits per heavy atom. The van der Waals surface area contributed by atoms with E-state index in [0.29, 0.717) is 16.5 Å². The number of hydrogen-bond donors (Lipinski definition) is 1. The van der Waals surface area contributed by atoms with Gasteiger partial charge in [0, 0.05) is 6.92 Å². The second-order valence-corrected chi connectivity index (χ2v) is 4.54. The maximum absolute atomic E-state index is 12.4. The van der Waals surface area contributed by atoms with Gasteiger partial charge in [-0.05, 0) is 26.0 Å². The minimum Gasteiger partial charge on any atom is -0.284 e. The molecule has 100 valence electrons. The van der Waals surface area contributed by atoms with Crippen LogP contribution in [-0.4, -0.2) is 33.3 Å². The highest BCUT2D eigenvalue weighted by Gasteiger charge is 2.51. The summed E-state index contributed by atoms with van der Waals surface area (Å²) in [6.45, 7) is 4.27. The minimum atomic E-state index is -1.46. The van der Waals surface area contributed by atoms with Crippen molar-refractivity contribution in [3.05, 3.63) is 30.3 Å². The predicted molar refractivity (Wildman–Crippen MR) is 69.7 cm³/mol. The lowest BCUT2D eigenvalue weighted by Crippen LogP contribution is -2.57. The Balaban J connectivity index is 2.42. The van der Waals surface area contributed by atoms with Crippen molar-refractivity contribution in [3.63, 3.8) is 0 Å². The van der Waals surface area contributed by atoms with Gasteiger partial charge < -0.3 is 0 Å². The summed E-state index contributed by atoms with van der Waals surface area (Å²) in [5, 5.41) is 15.6. The van der Waals surface area contributed by atoms with Gasteiger partial charge in [0.05, 0.1) is 11.4 Å². The van der Waals surface area contributed by atoms with Crippen LogP contribution in [0.3, 0.4) is 0 Å². The average molecular weight is 261 g/mol. The molecule has 2 amide bonds. The van der Waals surface area contributed by atoms with Crippen LogP contribution in [0.4, 0.5) is 5.69 Å². The Labute approximate surface area is 110 Å². The van der Waals surface area contributed by atoms with Crippen molar-refractivity contribution in [2.24, 2.45) is 5.10 Å². The topological polar surface area (TPSA) is 73.2 Å². The standard InChI is InChI=1S/C13H15N3O3/c1-9-13(3,16(19)10(2)17)12(18)15(14-9)11-7-5-4-6-8-11/h4-8,19H,1-3H3. The summed E-state index contributed by atoms with van der Waals surface area (Å²) in [5.74, 6) is -1.07. The van der Waals surface area contributed by atoms with Gasteiger partial charge in [-0.2, -0.15) is 10.1 Å². The quantitative estimate of drug-likeness (QED) is 0.646. The Morgan fingerprint density at radius 2 is 1.95 bits per heavy atom. The smallest absolute Gasteiger partial charge is 0.281 e. The van der Waals surface area contributed by atoms with Crippen molar-refractivity contribution in [3.8, 4) is 0 Å². The number of anilines is 1. The van der Waals surface area contributed by atoms with Crippen molar-refractivity contribution in [1.29, 1.82) is 0 Å². The minimum absolute atomic E-state index is 0.360. The molecular formula is C13H15N3O3. The highest BCUT2D eigenvalue weighted by atomic mass is 16.5. The fourth-order valence-corrected chi connectivity index (χ4v) is 1.96. The van der Waals surface area contributed by atoms with Gasteiger partial charge >= 0.3 is 0 Å². The molecule has 0 spiro atoms. The molecule has 0 saturated carbocycles. The first-order chi connectivity index (χ1) is 8.89. The predicted octanol–water partition coefficient (Wildman–Crippen LogP) is 1.41. The highest BCUT2D eigenvalue weighted by molar-refractivity contribution is 6.23. The van der Waals surface area contributed by atoms with Crippen LogP contribution < -0.4 is 5.01 Å². The van der Waals surface area contributed by atoms with Crippen LogP contribution in [0.15, 0.2) is 35.4 Å². The van der Waals surface area contributed by atoms with Gasteiger partial charge in [0.15, 0.2) is 5.54 Å². The highest BCUT2D eigenvalue weighted by Crippen LogP contribution is 2.29. The fourth-order valence-electron chi connectivity index (χ4n) is 1.96. The van der Waals surface area contributed by atoms with Crippen molar-refractivity contribution in [1.82, 2.24) is 5.06 Å². The van der Waals surface area contributed by atoms with E-state index in [2.05, 4.69) is 5.10 Å². The first-order valence-electron chi connectivity index (χ1n) is 5.84. The van der Waals surface area contributed by atoms with E-state index in [0.717, 1.165) is 0 Å².